The highest BCUT2D eigenvalue weighted by Gasteiger charge is 2.48. The van der Waals surface area contributed by atoms with Crippen molar-refractivity contribution < 1.29 is 15.0 Å². The molecule has 1 aliphatic rings. The summed E-state index contributed by atoms with van der Waals surface area (Å²) in [5.41, 5.74) is 0.116. The van der Waals surface area contributed by atoms with Crippen molar-refractivity contribution in [3.8, 4) is 0 Å². The summed E-state index contributed by atoms with van der Waals surface area (Å²) in [5, 5.41) is 19.8. The number of aliphatic hydroxyl groups excluding tert-OH is 1. The average Bonchev–Trinajstić information content (AvgIpc) is 2.51. The van der Waals surface area contributed by atoms with Crippen LogP contribution in [-0.2, 0) is 4.79 Å². The molecule has 0 aromatic heterocycles. The number of aliphatic carboxylic acids is 1. The monoisotopic (exact) mass is 303 g/mol. The number of hydrogen-bond donors (Lipinski definition) is 2. The number of carbonyl (C=O) groups is 1. The maximum atomic E-state index is 11.7. The molecule has 0 radical (unpaired) electrons. The molecule has 4 nitrogen and oxygen atoms in total. The van der Waals surface area contributed by atoms with E-state index in [0.29, 0.717) is 25.9 Å². The molecule has 0 aliphatic carbocycles. The van der Waals surface area contributed by atoms with Crippen molar-refractivity contribution in [1.82, 2.24) is 4.90 Å². The summed E-state index contributed by atoms with van der Waals surface area (Å²) in [6.07, 6.45) is 5.16. The number of carboxylic acids is 1. The molecule has 1 saturated heterocycles. The minimum Gasteiger partial charge on any atom is -0.481 e. The van der Waals surface area contributed by atoms with Crippen LogP contribution in [0.3, 0.4) is 0 Å². The molecular weight excluding hydrogens is 278 g/mol. The van der Waals surface area contributed by atoms with Crippen LogP contribution >= 0.6 is 0 Å². The van der Waals surface area contributed by atoms with Gasteiger partial charge in [0.1, 0.15) is 5.41 Å². The Morgan fingerprint density at radius 1 is 1.41 bits per heavy atom. The first kappa shape index (κ1) is 16.7. The molecule has 2 N–H and O–H groups in total. The van der Waals surface area contributed by atoms with Gasteiger partial charge in [0, 0.05) is 19.6 Å². The number of nitrogens with zero attached hydrogens (tertiary/aromatic N) is 1. The third-order valence-electron chi connectivity index (χ3n) is 4.46. The van der Waals surface area contributed by atoms with Crippen LogP contribution < -0.4 is 0 Å². The predicted octanol–water partition coefficient (Wildman–Crippen LogP) is 2.64. The number of rotatable bonds is 6. The highest BCUT2D eigenvalue weighted by atomic mass is 16.4. The summed E-state index contributed by atoms with van der Waals surface area (Å²) in [5.74, 6) is -0.876. The molecule has 1 aromatic rings. The van der Waals surface area contributed by atoms with E-state index in [1.54, 1.807) is 0 Å². The summed E-state index contributed by atoms with van der Waals surface area (Å²) >= 11 is 0. The Bertz CT molecular complexity index is 514. The highest BCUT2D eigenvalue weighted by Crippen LogP contribution is 2.35. The van der Waals surface area contributed by atoms with Crippen LogP contribution in [0.5, 0.6) is 0 Å². The van der Waals surface area contributed by atoms with Gasteiger partial charge in [-0.2, -0.15) is 0 Å². The lowest BCUT2D eigenvalue weighted by Gasteiger charge is -2.43. The van der Waals surface area contributed by atoms with Crippen LogP contribution in [0, 0.1) is 5.41 Å². The van der Waals surface area contributed by atoms with Crippen LogP contribution in [0.1, 0.15) is 31.7 Å². The summed E-state index contributed by atoms with van der Waals surface area (Å²) in [6.45, 7) is 3.82. The predicted molar refractivity (Wildman–Crippen MR) is 87.5 cm³/mol. The molecule has 0 unspecified atom stereocenters. The van der Waals surface area contributed by atoms with Crippen molar-refractivity contribution in [2.45, 2.75) is 32.3 Å². The average molecular weight is 303 g/mol. The topological polar surface area (TPSA) is 60.8 Å². The molecule has 2 atom stereocenters. The van der Waals surface area contributed by atoms with Crippen molar-refractivity contribution in [2.24, 2.45) is 5.41 Å². The lowest BCUT2D eigenvalue weighted by atomic mass is 9.74. The smallest absolute Gasteiger partial charge is 0.313 e. The summed E-state index contributed by atoms with van der Waals surface area (Å²) < 4.78 is 0. The number of hydrogen-bond acceptors (Lipinski definition) is 3. The fourth-order valence-corrected chi connectivity index (χ4v) is 3.23. The Balaban J connectivity index is 2.01. The fraction of sp³-hybridized carbons (Fsp3) is 0.500. The minimum absolute atomic E-state index is 0.413. The Morgan fingerprint density at radius 2 is 2.14 bits per heavy atom. The van der Waals surface area contributed by atoms with Crippen molar-refractivity contribution in [1.29, 1.82) is 0 Å². The van der Waals surface area contributed by atoms with E-state index in [1.165, 1.54) is 0 Å². The van der Waals surface area contributed by atoms with Crippen molar-refractivity contribution >= 4 is 12.0 Å². The zero-order valence-corrected chi connectivity index (χ0v) is 13.1. The van der Waals surface area contributed by atoms with Crippen LogP contribution in [0.25, 0.3) is 6.08 Å². The molecule has 0 spiro atoms. The van der Waals surface area contributed by atoms with E-state index in [4.69, 9.17) is 0 Å². The van der Waals surface area contributed by atoms with Crippen LogP contribution in [0.4, 0.5) is 0 Å². The Labute approximate surface area is 132 Å². The van der Waals surface area contributed by atoms with Crippen LogP contribution in [0.2, 0.25) is 0 Å². The molecule has 2 rings (SSSR count). The van der Waals surface area contributed by atoms with Crippen molar-refractivity contribution in [3.05, 3.63) is 42.0 Å². The minimum atomic E-state index is -1.02. The highest BCUT2D eigenvalue weighted by molar-refractivity contribution is 5.76. The molecule has 0 amide bonds. The molecule has 120 valence electrons. The molecule has 22 heavy (non-hydrogen) atoms. The molecule has 4 heteroatoms. The van der Waals surface area contributed by atoms with Gasteiger partial charge in [-0.05, 0) is 18.4 Å². The van der Waals surface area contributed by atoms with Crippen LogP contribution in [-0.4, -0.2) is 46.8 Å². The van der Waals surface area contributed by atoms with E-state index in [1.807, 2.05) is 43.3 Å². The van der Waals surface area contributed by atoms with E-state index in [9.17, 15) is 15.0 Å². The van der Waals surface area contributed by atoms with Gasteiger partial charge in [0.25, 0.3) is 0 Å². The Hall–Kier alpha value is -1.65. The van der Waals surface area contributed by atoms with Gasteiger partial charge in [0.2, 0.25) is 0 Å². The number of piperidine rings is 1. The molecule has 1 aromatic carbocycles. The first-order valence-corrected chi connectivity index (χ1v) is 7.94. The zero-order valence-electron chi connectivity index (χ0n) is 13.1. The maximum Gasteiger partial charge on any atom is 0.313 e. The van der Waals surface area contributed by atoms with E-state index in [0.717, 1.165) is 18.5 Å². The number of aliphatic hydroxyl groups is 1. The summed E-state index contributed by atoms with van der Waals surface area (Å²) in [6, 6.07) is 10.0. The van der Waals surface area contributed by atoms with Gasteiger partial charge >= 0.3 is 5.97 Å². The number of likely N-dealkylation sites (tertiary alicyclic amines) is 1. The molecule has 1 aliphatic heterocycles. The standard InChI is InChI=1S/C18H25NO3/c1-2-11-18(17(21)22)14-19(13-10-16(18)20)12-6-9-15-7-4-3-5-8-15/h3-9,16,20H,2,10-14H2,1H3,(H,21,22)/t16-,18-/m1/s1. The summed E-state index contributed by atoms with van der Waals surface area (Å²) in [4.78, 5) is 13.8. The van der Waals surface area contributed by atoms with Gasteiger partial charge in [-0.3, -0.25) is 9.69 Å². The second-order valence-corrected chi connectivity index (χ2v) is 6.06. The summed E-state index contributed by atoms with van der Waals surface area (Å²) in [7, 11) is 0. The van der Waals surface area contributed by atoms with Gasteiger partial charge in [0.05, 0.1) is 6.10 Å². The largest absolute Gasteiger partial charge is 0.481 e. The lowest BCUT2D eigenvalue weighted by Crippen LogP contribution is -2.55. The first-order chi connectivity index (χ1) is 10.6. The van der Waals surface area contributed by atoms with Crippen molar-refractivity contribution in [3.63, 3.8) is 0 Å². The Kier molecular flexibility index (Phi) is 5.75. The zero-order chi connectivity index (χ0) is 16.0. The van der Waals surface area contributed by atoms with Gasteiger partial charge in [-0.1, -0.05) is 55.8 Å². The van der Waals surface area contributed by atoms with E-state index >= 15 is 0 Å². The van der Waals surface area contributed by atoms with E-state index in [-0.39, 0.29) is 0 Å². The quantitative estimate of drug-likeness (QED) is 0.848. The molecule has 1 heterocycles. The number of carboxylic acid groups (broad SMARTS) is 1. The molecule has 0 bridgehead atoms. The maximum absolute atomic E-state index is 11.7. The van der Waals surface area contributed by atoms with E-state index < -0.39 is 17.5 Å². The molecule has 0 saturated carbocycles. The van der Waals surface area contributed by atoms with Gasteiger partial charge in [0.15, 0.2) is 0 Å². The molecular formula is C18H25NO3. The third kappa shape index (κ3) is 3.76. The van der Waals surface area contributed by atoms with E-state index in [2.05, 4.69) is 11.0 Å². The van der Waals surface area contributed by atoms with Gasteiger partial charge < -0.3 is 10.2 Å². The molecule has 1 fully saturated rings. The first-order valence-electron chi connectivity index (χ1n) is 7.94. The SMILES string of the molecule is CCC[C@@]1(C(=O)O)CN(CC=Cc2ccccc2)CC[C@H]1O. The third-order valence-corrected chi connectivity index (χ3v) is 4.46. The van der Waals surface area contributed by atoms with Crippen molar-refractivity contribution in [2.75, 3.05) is 19.6 Å². The fourth-order valence-electron chi connectivity index (χ4n) is 3.23. The van der Waals surface area contributed by atoms with Crippen LogP contribution in [0.15, 0.2) is 36.4 Å². The second kappa shape index (κ2) is 7.56. The normalized spacial score (nSPS) is 26.4. The lowest BCUT2D eigenvalue weighted by molar-refractivity contribution is -0.164. The Morgan fingerprint density at radius 3 is 2.77 bits per heavy atom. The number of benzene rings is 1. The second-order valence-electron chi connectivity index (χ2n) is 6.06. The van der Waals surface area contributed by atoms with Gasteiger partial charge in [-0.25, -0.2) is 0 Å². The van der Waals surface area contributed by atoms with Gasteiger partial charge in [-0.15, -0.1) is 0 Å².